The van der Waals surface area contributed by atoms with Gasteiger partial charge in [-0.05, 0) is 18.8 Å². The van der Waals surface area contributed by atoms with Crippen molar-refractivity contribution in [1.29, 1.82) is 0 Å². The van der Waals surface area contributed by atoms with E-state index in [0.29, 0.717) is 11.7 Å². The van der Waals surface area contributed by atoms with E-state index in [-0.39, 0.29) is 5.38 Å². The molecule has 1 atom stereocenters. The quantitative estimate of drug-likeness (QED) is 0.586. The maximum Gasteiger partial charge on any atom is 0.130 e. The van der Waals surface area contributed by atoms with Crippen LogP contribution in [0.25, 0.3) is 0 Å². The van der Waals surface area contributed by atoms with Crippen LogP contribution < -0.4 is 14.2 Å². The Kier molecular flexibility index (Phi) is 7.73. The number of benzene rings is 1. The Morgan fingerprint density at radius 2 is 1.38 bits per heavy atom. The number of ether oxygens (including phenoxy) is 3. The van der Waals surface area contributed by atoms with Gasteiger partial charge in [-0.3, -0.25) is 0 Å². The summed E-state index contributed by atoms with van der Waals surface area (Å²) in [6.45, 7) is 4.38. The largest absolute Gasteiger partial charge is 0.496 e. The number of halogens is 1. The number of methoxy groups -OCH3 is 3. The zero-order chi connectivity index (χ0) is 15.8. The molecule has 0 aromatic heterocycles. The molecule has 0 bridgehead atoms. The van der Waals surface area contributed by atoms with Crippen LogP contribution in [0.4, 0.5) is 0 Å². The lowest BCUT2D eigenvalue weighted by Crippen LogP contribution is -2.11. The summed E-state index contributed by atoms with van der Waals surface area (Å²) < 4.78 is 16.3. The second-order valence-corrected chi connectivity index (χ2v) is 5.65. The van der Waals surface area contributed by atoms with Crippen molar-refractivity contribution in [3.05, 3.63) is 17.7 Å². The van der Waals surface area contributed by atoms with Gasteiger partial charge < -0.3 is 14.2 Å². The van der Waals surface area contributed by atoms with E-state index in [9.17, 15) is 0 Å². The van der Waals surface area contributed by atoms with Crippen LogP contribution in [0.3, 0.4) is 0 Å². The van der Waals surface area contributed by atoms with E-state index < -0.39 is 0 Å². The summed E-state index contributed by atoms with van der Waals surface area (Å²) in [7, 11) is 4.93. The molecule has 0 radical (unpaired) electrons. The molecule has 1 aromatic carbocycles. The summed E-state index contributed by atoms with van der Waals surface area (Å²) in [6.07, 6.45) is 4.43. The van der Waals surface area contributed by atoms with E-state index in [0.717, 1.165) is 42.7 Å². The first kappa shape index (κ1) is 18.0. The Morgan fingerprint density at radius 1 is 0.905 bits per heavy atom. The Hall–Kier alpha value is -1.09. The standard InChI is InChI=1S/C17H27ClO3/c1-6-8-12(9-7-2)17(18)16-14(20-4)10-13(19-3)11-15(16)21-5/h10-12,17H,6-9H2,1-5H3. The molecule has 0 saturated heterocycles. The maximum absolute atomic E-state index is 6.79. The highest BCUT2D eigenvalue weighted by molar-refractivity contribution is 6.21. The fourth-order valence-electron chi connectivity index (χ4n) is 2.72. The highest BCUT2D eigenvalue weighted by Gasteiger charge is 2.27. The van der Waals surface area contributed by atoms with Gasteiger partial charge in [0.05, 0.1) is 32.3 Å². The summed E-state index contributed by atoms with van der Waals surface area (Å²) >= 11 is 6.79. The first-order chi connectivity index (χ1) is 10.1. The van der Waals surface area contributed by atoms with Crippen molar-refractivity contribution in [2.75, 3.05) is 21.3 Å². The number of alkyl halides is 1. The molecule has 0 spiro atoms. The van der Waals surface area contributed by atoms with Gasteiger partial charge in [0, 0.05) is 12.1 Å². The molecule has 0 heterocycles. The predicted octanol–water partition coefficient (Wildman–Crippen LogP) is 5.21. The normalized spacial score (nSPS) is 12.3. The van der Waals surface area contributed by atoms with Gasteiger partial charge in [0.15, 0.2) is 0 Å². The monoisotopic (exact) mass is 314 g/mol. The van der Waals surface area contributed by atoms with Crippen LogP contribution in [-0.2, 0) is 0 Å². The van der Waals surface area contributed by atoms with Gasteiger partial charge in [-0.1, -0.05) is 26.7 Å². The molecular weight excluding hydrogens is 288 g/mol. The summed E-state index contributed by atoms with van der Waals surface area (Å²) in [4.78, 5) is 0. The van der Waals surface area contributed by atoms with Gasteiger partial charge >= 0.3 is 0 Å². The highest BCUT2D eigenvalue weighted by Crippen LogP contribution is 2.46. The Morgan fingerprint density at radius 3 is 1.71 bits per heavy atom. The van der Waals surface area contributed by atoms with Gasteiger partial charge in [0.25, 0.3) is 0 Å². The second-order valence-electron chi connectivity index (χ2n) is 5.18. The van der Waals surface area contributed by atoms with Crippen LogP contribution in [0, 0.1) is 5.92 Å². The Balaban J connectivity index is 3.24. The smallest absolute Gasteiger partial charge is 0.130 e. The SMILES string of the molecule is CCCC(CCC)C(Cl)c1c(OC)cc(OC)cc1OC. The summed E-state index contributed by atoms with van der Waals surface area (Å²) in [6, 6.07) is 3.73. The molecule has 1 aromatic rings. The average molecular weight is 315 g/mol. The predicted molar refractivity (Wildman–Crippen MR) is 88.0 cm³/mol. The molecule has 4 heteroatoms. The van der Waals surface area contributed by atoms with Gasteiger partial charge in [0.2, 0.25) is 0 Å². The molecule has 1 rings (SSSR count). The van der Waals surface area contributed by atoms with Crippen LogP contribution in [0.5, 0.6) is 17.2 Å². The zero-order valence-corrected chi connectivity index (χ0v) is 14.5. The van der Waals surface area contributed by atoms with Crippen LogP contribution in [0.2, 0.25) is 0 Å². The molecule has 0 aliphatic carbocycles. The topological polar surface area (TPSA) is 27.7 Å². The van der Waals surface area contributed by atoms with E-state index in [4.69, 9.17) is 25.8 Å². The molecule has 0 saturated carbocycles. The minimum Gasteiger partial charge on any atom is -0.496 e. The zero-order valence-electron chi connectivity index (χ0n) is 13.7. The summed E-state index contributed by atoms with van der Waals surface area (Å²) in [5.41, 5.74) is 0.925. The van der Waals surface area contributed by atoms with Crippen molar-refractivity contribution in [3.8, 4) is 17.2 Å². The fraction of sp³-hybridized carbons (Fsp3) is 0.647. The van der Waals surface area contributed by atoms with Gasteiger partial charge in [-0.2, -0.15) is 0 Å². The van der Waals surface area contributed by atoms with Gasteiger partial charge in [-0.15, -0.1) is 11.6 Å². The first-order valence-corrected chi connectivity index (χ1v) is 8.00. The van der Waals surface area contributed by atoms with Crippen LogP contribution >= 0.6 is 11.6 Å². The van der Waals surface area contributed by atoms with Crippen molar-refractivity contribution < 1.29 is 14.2 Å². The van der Waals surface area contributed by atoms with Crippen molar-refractivity contribution in [2.24, 2.45) is 5.92 Å². The van der Waals surface area contributed by atoms with E-state index in [1.165, 1.54) is 0 Å². The molecule has 3 nitrogen and oxygen atoms in total. The number of rotatable bonds is 9. The summed E-state index contributed by atoms with van der Waals surface area (Å²) in [5, 5.41) is -0.124. The first-order valence-electron chi connectivity index (χ1n) is 7.56. The van der Waals surface area contributed by atoms with Crippen molar-refractivity contribution >= 4 is 11.6 Å². The molecule has 0 aliphatic rings. The third-order valence-corrected chi connectivity index (χ3v) is 4.34. The van der Waals surface area contributed by atoms with E-state index in [2.05, 4.69) is 13.8 Å². The van der Waals surface area contributed by atoms with Gasteiger partial charge in [0.1, 0.15) is 17.2 Å². The highest BCUT2D eigenvalue weighted by atomic mass is 35.5. The molecular formula is C17H27ClO3. The minimum atomic E-state index is -0.124. The van der Waals surface area contributed by atoms with E-state index >= 15 is 0 Å². The number of hydrogen-bond donors (Lipinski definition) is 0. The van der Waals surface area contributed by atoms with Crippen LogP contribution in [0.15, 0.2) is 12.1 Å². The molecule has 0 N–H and O–H groups in total. The van der Waals surface area contributed by atoms with Crippen LogP contribution in [0.1, 0.15) is 50.5 Å². The average Bonchev–Trinajstić information content (AvgIpc) is 2.52. The van der Waals surface area contributed by atoms with Crippen molar-refractivity contribution in [3.63, 3.8) is 0 Å². The van der Waals surface area contributed by atoms with Crippen molar-refractivity contribution in [1.82, 2.24) is 0 Å². The molecule has 0 aliphatic heterocycles. The molecule has 120 valence electrons. The second kappa shape index (κ2) is 9.04. The van der Waals surface area contributed by atoms with E-state index in [1.807, 2.05) is 12.1 Å². The maximum atomic E-state index is 6.79. The lowest BCUT2D eigenvalue weighted by Gasteiger charge is -2.25. The summed E-state index contributed by atoms with van der Waals surface area (Å²) in [5.74, 6) is 2.57. The minimum absolute atomic E-state index is 0.124. The Labute approximate surface area is 133 Å². The third-order valence-electron chi connectivity index (χ3n) is 3.76. The number of hydrogen-bond acceptors (Lipinski definition) is 3. The molecule has 21 heavy (non-hydrogen) atoms. The molecule has 0 amide bonds. The van der Waals surface area contributed by atoms with E-state index in [1.54, 1.807) is 21.3 Å². The lowest BCUT2D eigenvalue weighted by atomic mass is 9.89. The lowest BCUT2D eigenvalue weighted by molar-refractivity contribution is 0.353. The fourth-order valence-corrected chi connectivity index (χ4v) is 3.19. The van der Waals surface area contributed by atoms with Gasteiger partial charge in [-0.25, -0.2) is 0 Å². The third kappa shape index (κ3) is 4.44. The van der Waals surface area contributed by atoms with Crippen molar-refractivity contribution in [2.45, 2.75) is 44.9 Å². The Bertz CT molecular complexity index is 403. The molecule has 1 unspecified atom stereocenters. The molecule has 0 fully saturated rings. The van der Waals surface area contributed by atoms with Crippen LogP contribution in [-0.4, -0.2) is 21.3 Å².